The average molecular weight is 242 g/mol. The van der Waals surface area contributed by atoms with Gasteiger partial charge in [0.2, 0.25) is 5.91 Å². The van der Waals surface area contributed by atoms with Gasteiger partial charge >= 0.3 is 0 Å². The van der Waals surface area contributed by atoms with Crippen LogP contribution in [0.2, 0.25) is 0 Å². The smallest absolute Gasteiger partial charge is 0.223 e. The Bertz CT molecular complexity index is 266. The Hall–Kier alpha value is -0.610. The molecule has 0 spiro atoms. The van der Waals surface area contributed by atoms with Crippen molar-refractivity contribution in [3.8, 4) is 0 Å². The zero-order chi connectivity index (χ0) is 13.1. The van der Waals surface area contributed by atoms with Gasteiger partial charge in [-0.3, -0.25) is 4.79 Å². The van der Waals surface area contributed by atoms with Crippen LogP contribution in [0.4, 0.5) is 0 Å². The molecule has 1 amide bonds. The number of carbonyl (C=O) groups is 1. The second kappa shape index (κ2) is 5.83. The highest BCUT2D eigenvalue weighted by Gasteiger charge is 2.44. The van der Waals surface area contributed by atoms with Crippen LogP contribution in [-0.2, 0) is 9.53 Å². The quantitative estimate of drug-likeness (QED) is 0.727. The molecule has 0 heterocycles. The number of carbonyl (C=O) groups excluding carboxylic acids is 1. The molecule has 3 N–H and O–H groups in total. The molecule has 1 aliphatic carbocycles. The third-order valence-electron chi connectivity index (χ3n) is 4.42. The normalized spacial score (nSPS) is 32.2. The van der Waals surface area contributed by atoms with Crippen molar-refractivity contribution >= 4 is 5.91 Å². The van der Waals surface area contributed by atoms with E-state index in [1.165, 1.54) is 0 Å². The molecule has 0 bridgehead atoms. The van der Waals surface area contributed by atoms with Gasteiger partial charge in [-0.05, 0) is 24.2 Å². The third-order valence-corrected chi connectivity index (χ3v) is 4.42. The van der Waals surface area contributed by atoms with E-state index in [-0.39, 0.29) is 23.3 Å². The summed E-state index contributed by atoms with van der Waals surface area (Å²) in [6, 6.07) is 0.216. The van der Waals surface area contributed by atoms with Gasteiger partial charge in [0.25, 0.3) is 0 Å². The number of amides is 1. The molecular weight excluding hydrogens is 216 g/mol. The van der Waals surface area contributed by atoms with Crippen molar-refractivity contribution < 1.29 is 9.53 Å². The summed E-state index contributed by atoms with van der Waals surface area (Å²) >= 11 is 0. The predicted molar refractivity (Wildman–Crippen MR) is 68.5 cm³/mol. The van der Waals surface area contributed by atoms with Gasteiger partial charge < -0.3 is 15.8 Å². The lowest BCUT2D eigenvalue weighted by molar-refractivity contribution is -0.132. The molecule has 0 aliphatic heterocycles. The van der Waals surface area contributed by atoms with Crippen LogP contribution in [0.1, 0.15) is 33.6 Å². The summed E-state index contributed by atoms with van der Waals surface area (Å²) < 4.78 is 4.93. The molecule has 17 heavy (non-hydrogen) atoms. The first kappa shape index (κ1) is 14.5. The fourth-order valence-corrected chi connectivity index (χ4v) is 2.72. The van der Waals surface area contributed by atoms with Crippen LogP contribution < -0.4 is 11.1 Å². The number of ether oxygens (including phenoxy) is 1. The molecule has 3 atom stereocenters. The van der Waals surface area contributed by atoms with E-state index >= 15 is 0 Å². The molecule has 1 fully saturated rings. The first-order valence-electron chi connectivity index (χ1n) is 6.43. The Morgan fingerprint density at radius 1 is 1.47 bits per heavy atom. The summed E-state index contributed by atoms with van der Waals surface area (Å²) in [6.45, 7) is 7.60. The van der Waals surface area contributed by atoms with E-state index in [1.54, 1.807) is 7.11 Å². The Labute approximate surface area is 104 Å². The highest BCUT2D eigenvalue weighted by molar-refractivity contribution is 5.79. The van der Waals surface area contributed by atoms with E-state index in [4.69, 9.17) is 10.5 Å². The third kappa shape index (κ3) is 3.19. The monoisotopic (exact) mass is 242 g/mol. The Kier molecular flexibility index (Phi) is 4.95. The van der Waals surface area contributed by atoms with Gasteiger partial charge in [0.15, 0.2) is 0 Å². The zero-order valence-electron chi connectivity index (χ0n) is 11.5. The Balaban J connectivity index is 2.60. The molecule has 3 unspecified atom stereocenters. The number of nitrogens with one attached hydrogen (secondary N) is 1. The lowest BCUT2D eigenvalue weighted by Crippen LogP contribution is -2.51. The molecule has 1 rings (SSSR count). The highest BCUT2D eigenvalue weighted by Crippen LogP contribution is 2.44. The summed E-state index contributed by atoms with van der Waals surface area (Å²) in [6.07, 6.45) is 1.82. The van der Waals surface area contributed by atoms with Crippen LogP contribution in [0, 0.1) is 17.3 Å². The van der Waals surface area contributed by atoms with E-state index < -0.39 is 0 Å². The Morgan fingerprint density at radius 2 is 2.12 bits per heavy atom. The molecule has 0 saturated heterocycles. The van der Waals surface area contributed by atoms with Crippen molar-refractivity contribution in [3.05, 3.63) is 0 Å². The minimum absolute atomic E-state index is 0.0329. The second-order valence-corrected chi connectivity index (χ2v) is 5.69. The number of hydrogen-bond acceptors (Lipinski definition) is 3. The van der Waals surface area contributed by atoms with E-state index in [1.807, 2.05) is 0 Å². The van der Waals surface area contributed by atoms with Crippen LogP contribution in [0.3, 0.4) is 0 Å². The first-order valence-corrected chi connectivity index (χ1v) is 6.43. The largest absolute Gasteiger partial charge is 0.383 e. The first-order chi connectivity index (χ1) is 7.91. The van der Waals surface area contributed by atoms with E-state index in [0.29, 0.717) is 19.1 Å². The predicted octanol–water partition coefficient (Wildman–Crippen LogP) is 1.15. The number of rotatable bonds is 4. The van der Waals surface area contributed by atoms with Crippen molar-refractivity contribution in [2.24, 2.45) is 23.0 Å². The molecular formula is C13H26N2O2. The van der Waals surface area contributed by atoms with Crippen LogP contribution in [0.15, 0.2) is 0 Å². The molecule has 1 saturated carbocycles. The van der Waals surface area contributed by atoms with Crippen molar-refractivity contribution in [2.75, 3.05) is 20.3 Å². The Morgan fingerprint density at radius 3 is 2.71 bits per heavy atom. The molecule has 0 radical (unpaired) electrons. The molecule has 4 heteroatoms. The van der Waals surface area contributed by atoms with Crippen molar-refractivity contribution in [1.29, 1.82) is 0 Å². The van der Waals surface area contributed by atoms with Gasteiger partial charge in [-0.1, -0.05) is 20.8 Å². The van der Waals surface area contributed by atoms with Crippen molar-refractivity contribution in [2.45, 2.75) is 39.7 Å². The van der Waals surface area contributed by atoms with E-state index in [9.17, 15) is 4.79 Å². The van der Waals surface area contributed by atoms with Crippen molar-refractivity contribution in [1.82, 2.24) is 5.32 Å². The number of hydrogen-bond donors (Lipinski definition) is 2. The lowest BCUT2D eigenvalue weighted by Gasteiger charge is -2.46. The maximum Gasteiger partial charge on any atom is 0.223 e. The fourth-order valence-electron chi connectivity index (χ4n) is 2.72. The second-order valence-electron chi connectivity index (χ2n) is 5.69. The van der Waals surface area contributed by atoms with E-state index in [2.05, 4.69) is 26.1 Å². The average Bonchev–Trinajstić information content (AvgIpc) is 2.26. The van der Waals surface area contributed by atoms with Crippen molar-refractivity contribution in [3.63, 3.8) is 0 Å². The summed E-state index contributed by atoms with van der Waals surface area (Å²) in [4.78, 5) is 12.1. The zero-order valence-corrected chi connectivity index (χ0v) is 11.5. The van der Waals surface area contributed by atoms with Gasteiger partial charge in [-0.25, -0.2) is 0 Å². The van der Waals surface area contributed by atoms with Gasteiger partial charge in [-0.2, -0.15) is 0 Å². The van der Waals surface area contributed by atoms with Crippen LogP contribution in [0.5, 0.6) is 0 Å². The van der Waals surface area contributed by atoms with Gasteiger partial charge in [0.1, 0.15) is 0 Å². The minimum atomic E-state index is -0.0329. The minimum Gasteiger partial charge on any atom is -0.383 e. The van der Waals surface area contributed by atoms with Gasteiger partial charge in [0.05, 0.1) is 6.61 Å². The SMILES string of the molecule is COCCNC(=O)C1CCC(N)C(C)C1(C)C. The topological polar surface area (TPSA) is 64.3 Å². The molecule has 0 aromatic carbocycles. The maximum atomic E-state index is 12.1. The summed E-state index contributed by atoms with van der Waals surface area (Å²) in [5, 5.41) is 2.94. The van der Waals surface area contributed by atoms with E-state index in [0.717, 1.165) is 12.8 Å². The van der Waals surface area contributed by atoms with Gasteiger partial charge in [-0.15, -0.1) is 0 Å². The summed E-state index contributed by atoms with van der Waals surface area (Å²) in [5.41, 5.74) is 6.05. The lowest BCUT2D eigenvalue weighted by atomic mass is 9.61. The maximum absolute atomic E-state index is 12.1. The van der Waals surface area contributed by atoms with Crippen LogP contribution in [-0.4, -0.2) is 32.2 Å². The molecule has 4 nitrogen and oxygen atoms in total. The molecule has 0 aromatic heterocycles. The standard InChI is InChI=1S/C13H26N2O2/c1-9-11(14)6-5-10(13(9,2)3)12(16)15-7-8-17-4/h9-11H,5-8,14H2,1-4H3,(H,15,16). The molecule has 0 aromatic rings. The summed E-state index contributed by atoms with van der Waals surface area (Å²) in [7, 11) is 1.64. The summed E-state index contributed by atoms with van der Waals surface area (Å²) in [5.74, 6) is 0.578. The molecule has 1 aliphatic rings. The number of nitrogens with two attached hydrogens (primary N) is 1. The van der Waals surface area contributed by atoms with Crippen LogP contribution in [0.25, 0.3) is 0 Å². The number of methoxy groups -OCH3 is 1. The highest BCUT2D eigenvalue weighted by atomic mass is 16.5. The van der Waals surface area contributed by atoms with Crippen LogP contribution >= 0.6 is 0 Å². The molecule has 100 valence electrons. The fraction of sp³-hybridized carbons (Fsp3) is 0.923. The van der Waals surface area contributed by atoms with Gasteiger partial charge in [0, 0.05) is 25.6 Å².